The van der Waals surface area contributed by atoms with E-state index in [0.717, 1.165) is 55.9 Å². The smallest absolute Gasteiger partial charge is 0.125 e. The van der Waals surface area contributed by atoms with Crippen LogP contribution < -0.4 is 16.4 Å². The Balaban J connectivity index is 1.63. The van der Waals surface area contributed by atoms with Crippen molar-refractivity contribution in [3.63, 3.8) is 0 Å². The van der Waals surface area contributed by atoms with Crippen LogP contribution in [0.3, 0.4) is 0 Å². The summed E-state index contributed by atoms with van der Waals surface area (Å²) < 4.78 is 13.2. The predicted octanol–water partition coefficient (Wildman–Crippen LogP) is 3.59. The van der Waals surface area contributed by atoms with Gasteiger partial charge in [0.25, 0.3) is 0 Å². The molecule has 1 aliphatic rings. The zero-order chi connectivity index (χ0) is 17.4. The molecule has 1 atom stereocenters. The van der Waals surface area contributed by atoms with Gasteiger partial charge in [0.1, 0.15) is 11.7 Å². The highest BCUT2D eigenvalue weighted by atomic mass is 19.1. The van der Waals surface area contributed by atoms with Gasteiger partial charge in [0.05, 0.1) is 6.67 Å². The van der Waals surface area contributed by atoms with Crippen LogP contribution in [0.25, 0.3) is 0 Å². The molecule has 1 heterocycles. The number of amidine groups is 1. The van der Waals surface area contributed by atoms with E-state index in [1.54, 1.807) is 6.07 Å². The second-order valence-electron chi connectivity index (χ2n) is 6.54. The van der Waals surface area contributed by atoms with Gasteiger partial charge < -0.3 is 16.4 Å². The second-order valence-corrected chi connectivity index (χ2v) is 6.54. The van der Waals surface area contributed by atoms with E-state index in [1.165, 1.54) is 17.7 Å². The zero-order valence-electron chi connectivity index (χ0n) is 14.7. The number of aliphatic imine (C=N–C) groups is 1. The standard InChI is InChI=1S/C19H29FN4/c1-14(5-7-16-4-3-10-23-19(16)21)9-11-22-13-24-18-12-17(20)8-6-15(18)2/h6-8,12,14,22,24H,3-5,9-11,13H2,1-2H3,(H2,21,23)/b16-7-. The van der Waals surface area contributed by atoms with E-state index in [1.807, 2.05) is 6.92 Å². The van der Waals surface area contributed by atoms with Crippen molar-refractivity contribution in [2.45, 2.75) is 39.5 Å². The largest absolute Gasteiger partial charge is 0.384 e. The van der Waals surface area contributed by atoms with Crippen LogP contribution in [0.2, 0.25) is 0 Å². The lowest BCUT2D eigenvalue weighted by Gasteiger charge is -2.15. The van der Waals surface area contributed by atoms with Crippen LogP contribution in [0, 0.1) is 18.7 Å². The maximum Gasteiger partial charge on any atom is 0.125 e. The average molecular weight is 332 g/mol. The number of benzene rings is 1. The lowest BCUT2D eigenvalue weighted by atomic mass is 9.99. The van der Waals surface area contributed by atoms with Gasteiger partial charge in [-0.15, -0.1) is 0 Å². The monoisotopic (exact) mass is 332 g/mol. The Hall–Kier alpha value is -1.88. The molecule has 4 nitrogen and oxygen atoms in total. The number of anilines is 1. The van der Waals surface area contributed by atoms with Crippen LogP contribution in [-0.4, -0.2) is 25.6 Å². The summed E-state index contributed by atoms with van der Waals surface area (Å²) in [6.07, 6.45) is 6.52. The fourth-order valence-corrected chi connectivity index (χ4v) is 2.75. The van der Waals surface area contributed by atoms with Crippen molar-refractivity contribution in [2.24, 2.45) is 16.6 Å². The van der Waals surface area contributed by atoms with E-state index in [0.29, 0.717) is 12.6 Å². The fraction of sp³-hybridized carbons (Fsp3) is 0.526. The quantitative estimate of drug-likeness (QED) is 0.503. The van der Waals surface area contributed by atoms with E-state index in [9.17, 15) is 4.39 Å². The summed E-state index contributed by atoms with van der Waals surface area (Å²) in [5.41, 5.74) is 9.02. The van der Waals surface area contributed by atoms with Gasteiger partial charge in [0.2, 0.25) is 0 Å². The highest BCUT2D eigenvalue weighted by Gasteiger charge is 2.08. The van der Waals surface area contributed by atoms with Gasteiger partial charge >= 0.3 is 0 Å². The molecule has 0 saturated heterocycles. The summed E-state index contributed by atoms with van der Waals surface area (Å²) in [5.74, 6) is 1.10. The second kappa shape index (κ2) is 9.42. The number of aryl methyl sites for hydroxylation is 1. The molecule has 0 bridgehead atoms. The third-order valence-electron chi connectivity index (χ3n) is 4.40. The molecule has 1 aromatic carbocycles. The number of rotatable bonds is 8. The summed E-state index contributed by atoms with van der Waals surface area (Å²) in [5, 5.41) is 6.58. The molecule has 24 heavy (non-hydrogen) atoms. The number of nitrogens with one attached hydrogen (secondary N) is 2. The molecule has 0 aliphatic carbocycles. The first kappa shape index (κ1) is 18.5. The zero-order valence-corrected chi connectivity index (χ0v) is 14.7. The van der Waals surface area contributed by atoms with Gasteiger partial charge in [-0.1, -0.05) is 19.1 Å². The van der Waals surface area contributed by atoms with Gasteiger partial charge in [-0.3, -0.25) is 4.99 Å². The van der Waals surface area contributed by atoms with Crippen molar-refractivity contribution in [1.82, 2.24) is 5.32 Å². The predicted molar refractivity (Wildman–Crippen MR) is 99.8 cm³/mol. The van der Waals surface area contributed by atoms with Crippen LogP contribution >= 0.6 is 0 Å². The van der Waals surface area contributed by atoms with Gasteiger partial charge in [0.15, 0.2) is 0 Å². The summed E-state index contributed by atoms with van der Waals surface area (Å²) in [4.78, 5) is 4.30. The minimum absolute atomic E-state index is 0.213. The van der Waals surface area contributed by atoms with Crippen molar-refractivity contribution in [2.75, 3.05) is 25.1 Å². The summed E-state index contributed by atoms with van der Waals surface area (Å²) in [7, 11) is 0. The van der Waals surface area contributed by atoms with Crippen molar-refractivity contribution >= 4 is 11.5 Å². The molecular weight excluding hydrogens is 303 g/mol. The fourth-order valence-electron chi connectivity index (χ4n) is 2.75. The number of hydrogen-bond acceptors (Lipinski definition) is 4. The topological polar surface area (TPSA) is 62.4 Å². The van der Waals surface area contributed by atoms with Crippen molar-refractivity contribution < 1.29 is 4.39 Å². The lowest BCUT2D eigenvalue weighted by Crippen LogP contribution is -2.24. The minimum Gasteiger partial charge on any atom is -0.384 e. The Morgan fingerprint density at radius 1 is 1.42 bits per heavy atom. The molecule has 1 aromatic rings. The molecule has 0 saturated carbocycles. The molecule has 1 unspecified atom stereocenters. The summed E-state index contributed by atoms with van der Waals surface area (Å²) in [6, 6.07) is 4.80. The summed E-state index contributed by atoms with van der Waals surface area (Å²) >= 11 is 0. The van der Waals surface area contributed by atoms with E-state index in [2.05, 4.69) is 28.6 Å². The molecular formula is C19H29FN4. The van der Waals surface area contributed by atoms with Crippen LogP contribution in [-0.2, 0) is 0 Å². The molecule has 5 heteroatoms. The number of allylic oxidation sites excluding steroid dienone is 1. The third-order valence-corrected chi connectivity index (χ3v) is 4.40. The Morgan fingerprint density at radius 2 is 2.25 bits per heavy atom. The van der Waals surface area contributed by atoms with Crippen molar-refractivity contribution in [3.05, 3.63) is 41.2 Å². The first-order valence-electron chi connectivity index (χ1n) is 8.76. The van der Waals surface area contributed by atoms with E-state index in [4.69, 9.17) is 5.73 Å². The van der Waals surface area contributed by atoms with Gasteiger partial charge in [-0.05, 0) is 68.3 Å². The molecule has 0 amide bonds. The molecule has 132 valence electrons. The molecule has 2 rings (SSSR count). The SMILES string of the molecule is Cc1ccc(F)cc1NCNCCC(C)C/C=C1/CCCN=C1N. The molecule has 1 aliphatic heterocycles. The normalized spacial score (nSPS) is 17.6. The van der Waals surface area contributed by atoms with Crippen LogP contribution in [0.4, 0.5) is 10.1 Å². The molecule has 0 spiro atoms. The third kappa shape index (κ3) is 5.96. The van der Waals surface area contributed by atoms with Gasteiger partial charge in [0, 0.05) is 12.2 Å². The Kier molecular flexibility index (Phi) is 7.25. The Bertz CT molecular complexity index is 595. The number of nitrogens with two attached hydrogens (primary N) is 1. The molecule has 0 fully saturated rings. The Morgan fingerprint density at radius 3 is 3.04 bits per heavy atom. The first-order valence-corrected chi connectivity index (χ1v) is 8.76. The maximum atomic E-state index is 13.2. The van der Waals surface area contributed by atoms with E-state index < -0.39 is 0 Å². The Labute approximate surface area is 144 Å². The van der Waals surface area contributed by atoms with E-state index >= 15 is 0 Å². The van der Waals surface area contributed by atoms with Gasteiger partial charge in [-0.2, -0.15) is 0 Å². The highest BCUT2D eigenvalue weighted by Crippen LogP contribution is 2.16. The summed E-state index contributed by atoms with van der Waals surface area (Å²) in [6.45, 7) is 6.64. The van der Waals surface area contributed by atoms with Crippen LogP contribution in [0.1, 0.15) is 38.2 Å². The maximum absolute atomic E-state index is 13.2. The van der Waals surface area contributed by atoms with E-state index in [-0.39, 0.29) is 5.82 Å². The van der Waals surface area contributed by atoms with Crippen LogP contribution in [0.5, 0.6) is 0 Å². The van der Waals surface area contributed by atoms with Crippen molar-refractivity contribution in [1.29, 1.82) is 0 Å². The van der Waals surface area contributed by atoms with Crippen LogP contribution in [0.15, 0.2) is 34.8 Å². The lowest BCUT2D eigenvalue weighted by molar-refractivity contribution is 0.512. The molecule has 0 radical (unpaired) electrons. The van der Waals surface area contributed by atoms with Crippen molar-refractivity contribution in [3.8, 4) is 0 Å². The minimum atomic E-state index is -0.213. The number of halogens is 1. The molecule has 0 aromatic heterocycles. The highest BCUT2D eigenvalue weighted by molar-refractivity contribution is 5.97. The number of hydrogen-bond donors (Lipinski definition) is 3. The van der Waals surface area contributed by atoms with Gasteiger partial charge in [-0.25, -0.2) is 4.39 Å². The first-order chi connectivity index (χ1) is 11.6. The molecule has 4 N–H and O–H groups in total. The number of nitrogens with zero attached hydrogens (tertiary/aromatic N) is 1. The average Bonchev–Trinajstić information content (AvgIpc) is 2.57.